The fourth-order valence-corrected chi connectivity index (χ4v) is 2.59. The van der Waals surface area contributed by atoms with Crippen LogP contribution >= 0.6 is 27.5 Å². The summed E-state index contributed by atoms with van der Waals surface area (Å²) < 4.78 is 15.8. The quantitative estimate of drug-likeness (QED) is 0.787. The largest absolute Gasteiger partial charge is 0.355 e. The minimum absolute atomic E-state index is 0.115. The lowest BCUT2D eigenvalue weighted by Gasteiger charge is -2.09. The highest BCUT2D eigenvalue weighted by Gasteiger charge is 2.15. The average molecular weight is 377 g/mol. The second kappa shape index (κ2) is 7.22. The molecule has 1 heterocycles. The van der Waals surface area contributed by atoms with E-state index in [0.29, 0.717) is 40.2 Å². The molecule has 21 heavy (non-hydrogen) atoms. The van der Waals surface area contributed by atoms with Gasteiger partial charge >= 0.3 is 0 Å². The number of amides is 1. The zero-order chi connectivity index (χ0) is 15.4. The Kier molecular flexibility index (Phi) is 5.58. The third-order valence-electron chi connectivity index (χ3n) is 3.06. The standard InChI is InChI=1S/C14H16BrClFN3O/c1-2-5-18-14(21)8-20-12-7-10(17)9(15)6-11(12)19-13(20)3-4-16/h6-7H,2-5,8H2,1H3,(H,18,21). The van der Waals surface area contributed by atoms with Crippen molar-refractivity contribution in [3.63, 3.8) is 0 Å². The number of fused-ring (bicyclic) bond motifs is 1. The molecular formula is C14H16BrClFN3O. The molecule has 1 aromatic heterocycles. The minimum atomic E-state index is -0.380. The number of hydrogen-bond acceptors (Lipinski definition) is 2. The van der Waals surface area contributed by atoms with Crippen molar-refractivity contribution in [1.82, 2.24) is 14.9 Å². The van der Waals surface area contributed by atoms with E-state index in [9.17, 15) is 9.18 Å². The maximum atomic E-state index is 13.7. The van der Waals surface area contributed by atoms with Gasteiger partial charge in [0.1, 0.15) is 18.2 Å². The molecule has 0 saturated carbocycles. The summed E-state index contributed by atoms with van der Waals surface area (Å²) in [6.45, 7) is 2.72. The summed E-state index contributed by atoms with van der Waals surface area (Å²) in [5, 5.41) is 2.81. The van der Waals surface area contributed by atoms with E-state index in [4.69, 9.17) is 11.6 Å². The Morgan fingerprint density at radius 2 is 2.29 bits per heavy atom. The summed E-state index contributed by atoms with van der Waals surface area (Å²) in [5.41, 5.74) is 1.24. The number of rotatable bonds is 6. The minimum Gasteiger partial charge on any atom is -0.355 e. The van der Waals surface area contributed by atoms with Crippen LogP contribution in [0.4, 0.5) is 4.39 Å². The van der Waals surface area contributed by atoms with Crippen LogP contribution < -0.4 is 5.32 Å². The highest BCUT2D eigenvalue weighted by atomic mass is 79.9. The number of nitrogens with zero attached hydrogens (tertiary/aromatic N) is 2. The Bertz CT molecular complexity index is 659. The summed E-state index contributed by atoms with van der Waals surface area (Å²) >= 11 is 8.93. The summed E-state index contributed by atoms with van der Waals surface area (Å²) in [6.07, 6.45) is 1.39. The highest BCUT2D eigenvalue weighted by molar-refractivity contribution is 9.10. The van der Waals surface area contributed by atoms with Gasteiger partial charge in [-0.2, -0.15) is 0 Å². The van der Waals surface area contributed by atoms with Gasteiger partial charge in [0.25, 0.3) is 0 Å². The first-order chi connectivity index (χ1) is 10.1. The van der Waals surface area contributed by atoms with E-state index in [2.05, 4.69) is 26.2 Å². The van der Waals surface area contributed by atoms with Gasteiger partial charge < -0.3 is 9.88 Å². The highest BCUT2D eigenvalue weighted by Crippen LogP contribution is 2.24. The fourth-order valence-electron chi connectivity index (χ4n) is 2.09. The number of benzene rings is 1. The van der Waals surface area contributed by atoms with Gasteiger partial charge in [0.05, 0.1) is 15.5 Å². The van der Waals surface area contributed by atoms with Crippen molar-refractivity contribution in [2.24, 2.45) is 0 Å². The van der Waals surface area contributed by atoms with Gasteiger partial charge in [-0.25, -0.2) is 9.37 Å². The lowest BCUT2D eigenvalue weighted by Crippen LogP contribution is -2.28. The molecule has 0 aliphatic rings. The summed E-state index contributed by atoms with van der Waals surface area (Å²) in [7, 11) is 0. The molecule has 0 saturated heterocycles. The molecule has 2 aromatic rings. The van der Waals surface area contributed by atoms with Gasteiger partial charge in [0, 0.05) is 24.9 Å². The van der Waals surface area contributed by atoms with Crippen LogP contribution in [0.25, 0.3) is 11.0 Å². The van der Waals surface area contributed by atoms with E-state index in [1.807, 2.05) is 6.92 Å². The Morgan fingerprint density at radius 1 is 1.52 bits per heavy atom. The Hall–Kier alpha value is -1.14. The average Bonchev–Trinajstić information content (AvgIpc) is 2.75. The number of aryl methyl sites for hydroxylation is 1. The van der Waals surface area contributed by atoms with Crippen LogP contribution in [0.3, 0.4) is 0 Å². The number of carbonyl (C=O) groups is 1. The molecule has 0 spiro atoms. The normalized spacial score (nSPS) is 11.0. The van der Waals surface area contributed by atoms with Gasteiger partial charge in [0.2, 0.25) is 5.91 Å². The maximum Gasteiger partial charge on any atom is 0.240 e. The van der Waals surface area contributed by atoms with Crippen molar-refractivity contribution in [1.29, 1.82) is 0 Å². The van der Waals surface area contributed by atoms with Crippen molar-refractivity contribution in [2.75, 3.05) is 12.4 Å². The Balaban J connectivity index is 2.40. The lowest BCUT2D eigenvalue weighted by atomic mass is 10.3. The van der Waals surface area contributed by atoms with Crippen LogP contribution in [0.15, 0.2) is 16.6 Å². The molecule has 0 aliphatic carbocycles. The number of aromatic nitrogens is 2. The predicted octanol–water partition coefficient (Wildman–Crippen LogP) is 3.25. The van der Waals surface area contributed by atoms with Crippen LogP contribution in [0, 0.1) is 5.82 Å². The zero-order valence-corrected chi connectivity index (χ0v) is 14.0. The topological polar surface area (TPSA) is 46.9 Å². The van der Waals surface area contributed by atoms with Crippen LogP contribution in [0.2, 0.25) is 0 Å². The number of imidazole rings is 1. The smallest absolute Gasteiger partial charge is 0.240 e. The first-order valence-corrected chi connectivity index (χ1v) is 8.06. The first kappa shape index (κ1) is 16.2. The fraction of sp³-hybridized carbons (Fsp3) is 0.429. The van der Waals surface area contributed by atoms with E-state index in [-0.39, 0.29) is 18.3 Å². The molecule has 0 bridgehead atoms. The van der Waals surface area contributed by atoms with Crippen molar-refractivity contribution < 1.29 is 9.18 Å². The van der Waals surface area contributed by atoms with Gasteiger partial charge in [-0.05, 0) is 28.4 Å². The zero-order valence-electron chi connectivity index (χ0n) is 11.6. The molecule has 7 heteroatoms. The molecule has 1 N–H and O–H groups in total. The molecular weight excluding hydrogens is 361 g/mol. The van der Waals surface area contributed by atoms with Gasteiger partial charge in [-0.1, -0.05) is 6.92 Å². The van der Waals surface area contributed by atoms with Crippen molar-refractivity contribution in [3.8, 4) is 0 Å². The Morgan fingerprint density at radius 3 is 2.95 bits per heavy atom. The van der Waals surface area contributed by atoms with E-state index < -0.39 is 0 Å². The SMILES string of the molecule is CCCNC(=O)Cn1c(CCCl)nc2cc(Br)c(F)cc21. The third-order valence-corrected chi connectivity index (χ3v) is 3.86. The molecule has 0 radical (unpaired) electrons. The van der Waals surface area contributed by atoms with Crippen molar-refractivity contribution >= 4 is 44.5 Å². The number of halogens is 3. The number of alkyl halides is 1. The molecule has 114 valence electrons. The second-order valence-electron chi connectivity index (χ2n) is 4.66. The van der Waals surface area contributed by atoms with Crippen molar-refractivity contribution in [3.05, 3.63) is 28.2 Å². The number of hydrogen-bond donors (Lipinski definition) is 1. The predicted molar refractivity (Wildman–Crippen MR) is 85.1 cm³/mol. The molecule has 0 atom stereocenters. The lowest BCUT2D eigenvalue weighted by molar-refractivity contribution is -0.121. The van der Waals surface area contributed by atoms with Crippen LogP contribution in [-0.4, -0.2) is 27.9 Å². The van der Waals surface area contributed by atoms with E-state index >= 15 is 0 Å². The summed E-state index contributed by atoms with van der Waals surface area (Å²) in [5.74, 6) is 0.582. The molecule has 1 amide bonds. The molecule has 0 aliphatic heterocycles. The third kappa shape index (κ3) is 3.74. The second-order valence-corrected chi connectivity index (χ2v) is 5.89. The molecule has 4 nitrogen and oxygen atoms in total. The Labute approximate surface area is 135 Å². The van der Waals surface area contributed by atoms with Gasteiger partial charge in [-0.3, -0.25) is 4.79 Å². The van der Waals surface area contributed by atoms with Crippen molar-refractivity contribution in [2.45, 2.75) is 26.3 Å². The van der Waals surface area contributed by atoms with Crippen LogP contribution in [0.5, 0.6) is 0 Å². The molecule has 2 rings (SSSR count). The van der Waals surface area contributed by atoms with Crippen LogP contribution in [0.1, 0.15) is 19.2 Å². The first-order valence-electron chi connectivity index (χ1n) is 6.73. The maximum absolute atomic E-state index is 13.7. The summed E-state index contributed by atoms with van der Waals surface area (Å²) in [6, 6.07) is 3.00. The van der Waals surface area contributed by atoms with E-state index in [0.717, 1.165) is 6.42 Å². The monoisotopic (exact) mass is 375 g/mol. The van der Waals surface area contributed by atoms with Gasteiger partial charge in [-0.15, -0.1) is 11.6 Å². The van der Waals surface area contributed by atoms with E-state index in [1.54, 1.807) is 10.6 Å². The van der Waals surface area contributed by atoms with Crippen LogP contribution in [-0.2, 0) is 17.8 Å². The molecule has 0 fully saturated rings. The molecule has 0 unspecified atom stereocenters. The van der Waals surface area contributed by atoms with Gasteiger partial charge in [0.15, 0.2) is 0 Å². The molecule has 1 aromatic carbocycles. The number of nitrogens with one attached hydrogen (secondary N) is 1. The van der Waals surface area contributed by atoms with E-state index in [1.165, 1.54) is 6.07 Å². The summed E-state index contributed by atoms with van der Waals surface area (Å²) in [4.78, 5) is 16.4. The number of carbonyl (C=O) groups excluding carboxylic acids is 1.